The zero-order valence-electron chi connectivity index (χ0n) is 22.2. The number of hydrogen-bond donors (Lipinski definition) is 3. The standard InChI is InChI=1S/C29H30N4O5/c1-16-12-20(15-22(13-16)38-29(5,6)28(36)37)23-8-7-9-24(26(23)34)30-31-25-19(4)32-33(27(25)35)21-11-10-17(2)18(3)14-21/h7-15,30,34H,1-6H3,(H,36,37). The summed E-state index contributed by atoms with van der Waals surface area (Å²) in [6, 6.07) is 16.0. The lowest BCUT2D eigenvalue weighted by Gasteiger charge is -2.22. The van der Waals surface area contributed by atoms with Crippen molar-refractivity contribution in [3.05, 3.63) is 71.3 Å². The van der Waals surface area contributed by atoms with Crippen LogP contribution in [0.1, 0.15) is 37.5 Å². The molecule has 1 amide bonds. The molecule has 0 saturated carbocycles. The maximum absolute atomic E-state index is 13.1. The highest BCUT2D eigenvalue weighted by Crippen LogP contribution is 2.38. The largest absolute Gasteiger partial charge is 0.505 e. The van der Waals surface area contributed by atoms with Crippen LogP contribution < -0.4 is 15.2 Å². The van der Waals surface area contributed by atoms with Gasteiger partial charge in [0.1, 0.15) is 11.5 Å². The molecule has 3 aromatic rings. The summed E-state index contributed by atoms with van der Waals surface area (Å²) in [4.78, 5) is 24.6. The van der Waals surface area contributed by atoms with Crippen LogP contribution in [0.25, 0.3) is 11.1 Å². The minimum atomic E-state index is -1.43. The van der Waals surface area contributed by atoms with E-state index in [1.54, 1.807) is 37.3 Å². The molecule has 1 aliphatic rings. The van der Waals surface area contributed by atoms with Crippen molar-refractivity contribution in [1.82, 2.24) is 0 Å². The third-order valence-electron chi connectivity index (χ3n) is 6.30. The number of phenols is 1. The smallest absolute Gasteiger partial charge is 0.347 e. The molecule has 0 aromatic heterocycles. The first-order chi connectivity index (χ1) is 17.9. The summed E-state index contributed by atoms with van der Waals surface area (Å²) in [7, 11) is 0. The minimum absolute atomic E-state index is 0.0862. The zero-order chi connectivity index (χ0) is 27.8. The van der Waals surface area contributed by atoms with Gasteiger partial charge < -0.3 is 14.9 Å². The topological polar surface area (TPSA) is 124 Å². The molecule has 3 N–H and O–H groups in total. The van der Waals surface area contributed by atoms with Crippen LogP contribution in [0.5, 0.6) is 11.5 Å². The van der Waals surface area contributed by atoms with Crippen LogP contribution in [0.2, 0.25) is 0 Å². The Kier molecular flexibility index (Phi) is 6.95. The fraction of sp³-hybridized carbons (Fsp3) is 0.241. The summed E-state index contributed by atoms with van der Waals surface area (Å²) in [5.74, 6) is -1.20. The molecule has 1 aliphatic heterocycles. The molecule has 0 unspecified atom stereocenters. The van der Waals surface area contributed by atoms with Crippen molar-refractivity contribution in [3.8, 4) is 22.6 Å². The lowest BCUT2D eigenvalue weighted by Crippen LogP contribution is -2.37. The van der Waals surface area contributed by atoms with Crippen molar-refractivity contribution >= 4 is 34.7 Å². The SMILES string of the molecule is CC1=NN(c2ccc(C)c(C)c2)C(=O)C1=NNc1cccc(-c2cc(C)cc(OC(C)(C)C(=O)O)c2)c1O. The number of aromatic hydroxyl groups is 1. The number of carbonyl (C=O) groups is 2. The summed E-state index contributed by atoms with van der Waals surface area (Å²) in [5, 5.41) is 30.4. The van der Waals surface area contributed by atoms with Crippen molar-refractivity contribution in [1.29, 1.82) is 0 Å². The number of hydrazone groups is 2. The molecule has 0 bridgehead atoms. The second-order valence-electron chi connectivity index (χ2n) is 9.80. The van der Waals surface area contributed by atoms with Crippen molar-refractivity contribution < 1.29 is 24.5 Å². The molecular weight excluding hydrogens is 484 g/mol. The monoisotopic (exact) mass is 514 g/mol. The first kappa shape index (κ1) is 26.4. The van der Waals surface area contributed by atoms with E-state index in [2.05, 4.69) is 15.6 Å². The second-order valence-corrected chi connectivity index (χ2v) is 9.80. The number of carbonyl (C=O) groups excluding carboxylic acids is 1. The number of hydrogen-bond acceptors (Lipinski definition) is 7. The minimum Gasteiger partial charge on any atom is -0.505 e. The van der Waals surface area contributed by atoms with E-state index in [1.165, 1.54) is 18.9 Å². The van der Waals surface area contributed by atoms with Crippen molar-refractivity contribution in [3.63, 3.8) is 0 Å². The molecule has 0 fully saturated rings. The van der Waals surface area contributed by atoms with Crippen LogP contribution in [-0.4, -0.2) is 39.1 Å². The molecule has 0 radical (unpaired) electrons. The molecular formula is C29H30N4O5. The number of ether oxygens (including phenoxy) is 1. The van der Waals surface area contributed by atoms with Crippen LogP contribution in [-0.2, 0) is 9.59 Å². The number of para-hydroxylation sites is 1. The number of nitrogens with zero attached hydrogens (tertiary/aromatic N) is 3. The van der Waals surface area contributed by atoms with Crippen molar-refractivity contribution in [2.45, 2.75) is 47.1 Å². The number of carboxylic acid groups (broad SMARTS) is 1. The highest BCUT2D eigenvalue weighted by molar-refractivity contribution is 6.71. The first-order valence-corrected chi connectivity index (χ1v) is 12.0. The number of aliphatic carboxylic acids is 1. The quantitative estimate of drug-likeness (QED) is 0.286. The molecule has 3 aromatic carbocycles. The number of carboxylic acids is 1. The molecule has 9 heteroatoms. The number of aryl methyl sites for hydroxylation is 3. The van der Waals surface area contributed by atoms with Gasteiger partial charge in [0.15, 0.2) is 11.3 Å². The predicted molar refractivity (Wildman–Crippen MR) is 148 cm³/mol. The maximum Gasteiger partial charge on any atom is 0.347 e. The Morgan fingerprint density at radius 1 is 1.03 bits per heavy atom. The van der Waals surface area contributed by atoms with E-state index >= 15 is 0 Å². The maximum atomic E-state index is 13.1. The van der Waals surface area contributed by atoms with Gasteiger partial charge in [0.2, 0.25) is 0 Å². The summed E-state index contributed by atoms with van der Waals surface area (Å²) in [5.41, 5.74) is 6.99. The van der Waals surface area contributed by atoms with Gasteiger partial charge in [-0.05, 0) is 94.1 Å². The van der Waals surface area contributed by atoms with Gasteiger partial charge in [-0.15, -0.1) is 0 Å². The van der Waals surface area contributed by atoms with Crippen LogP contribution in [0.3, 0.4) is 0 Å². The van der Waals surface area contributed by atoms with Gasteiger partial charge in [-0.2, -0.15) is 15.2 Å². The Bertz CT molecular complexity index is 1510. The van der Waals surface area contributed by atoms with E-state index in [9.17, 15) is 19.8 Å². The van der Waals surface area contributed by atoms with Crippen LogP contribution in [0.4, 0.5) is 11.4 Å². The molecule has 196 valence electrons. The lowest BCUT2D eigenvalue weighted by atomic mass is 10.0. The molecule has 0 atom stereocenters. The number of benzene rings is 3. The van der Waals surface area contributed by atoms with Crippen molar-refractivity contribution in [2.24, 2.45) is 10.2 Å². The van der Waals surface area contributed by atoms with E-state index in [0.29, 0.717) is 28.3 Å². The van der Waals surface area contributed by atoms with E-state index in [-0.39, 0.29) is 23.1 Å². The Hall–Kier alpha value is -4.66. The number of anilines is 2. The van der Waals surface area contributed by atoms with Gasteiger partial charge in [0, 0.05) is 5.56 Å². The van der Waals surface area contributed by atoms with E-state index < -0.39 is 11.6 Å². The van der Waals surface area contributed by atoms with Crippen LogP contribution >= 0.6 is 0 Å². The predicted octanol–water partition coefficient (Wildman–Crippen LogP) is 5.42. The summed E-state index contributed by atoms with van der Waals surface area (Å²) in [6.45, 7) is 10.5. The van der Waals surface area contributed by atoms with Gasteiger partial charge >= 0.3 is 11.9 Å². The average molecular weight is 515 g/mol. The van der Waals surface area contributed by atoms with Gasteiger partial charge in [-0.3, -0.25) is 10.2 Å². The number of amides is 1. The first-order valence-electron chi connectivity index (χ1n) is 12.0. The molecule has 1 heterocycles. The summed E-state index contributed by atoms with van der Waals surface area (Å²) >= 11 is 0. The molecule has 0 spiro atoms. The molecule has 9 nitrogen and oxygen atoms in total. The Morgan fingerprint density at radius 3 is 2.45 bits per heavy atom. The third-order valence-corrected chi connectivity index (χ3v) is 6.30. The Morgan fingerprint density at radius 2 is 1.76 bits per heavy atom. The van der Waals surface area contributed by atoms with E-state index in [0.717, 1.165) is 16.7 Å². The second kappa shape index (κ2) is 10.0. The molecule has 38 heavy (non-hydrogen) atoms. The van der Waals surface area contributed by atoms with Crippen molar-refractivity contribution in [2.75, 3.05) is 10.4 Å². The number of phenolic OH excluding ortho intramolecular Hbond substituents is 1. The molecule has 0 aliphatic carbocycles. The fourth-order valence-corrected chi connectivity index (χ4v) is 3.94. The molecule has 0 saturated heterocycles. The van der Waals surface area contributed by atoms with Crippen LogP contribution in [0.15, 0.2) is 64.8 Å². The van der Waals surface area contributed by atoms with E-state index in [4.69, 9.17) is 4.74 Å². The summed E-state index contributed by atoms with van der Waals surface area (Å²) < 4.78 is 5.70. The average Bonchev–Trinajstić information content (AvgIpc) is 3.12. The number of rotatable bonds is 7. The molecule has 4 rings (SSSR count). The third kappa shape index (κ3) is 5.22. The number of nitrogens with one attached hydrogen (secondary N) is 1. The highest BCUT2D eigenvalue weighted by Gasteiger charge is 2.31. The zero-order valence-corrected chi connectivity index (χ0v) is 22.2. The van der Waals surface area contributed by atoms with Gasteiger partial charge in [-0.1, -0.05) is 24.3 Å². The lowest BCUT2D eigenvalue weighted by molar-refractivity contribution is -0.152. The van der Waals surface area contributed by atoms with E-state index in [1.807, 2.05) is 45.0 Å². The van der Waals surface area contributed by atoms with Gasteiger partial charge in [-0.25, -0.2) is 4.79 Å². The fourth-order valence-electron chi connectivity index (χ4n) is 3.94. The van der Waals surface area contributed by atoms with Gasteiger partial charge in [0.05, 0.1) is 17.1 Å². The highest BCUT2D eigenvalue weighted by atomic mass is 16.5. The van der Waals surface area contributed by atoms with Gasteiger partial charge in [0.25, 0.3) is 0 Å². The van der Waals surface area contributed by atoms with Crippen LogP contribution in [0, 0.1) is 20.8 Å². The normalized spacial score (nSPS) is 14.6. The Labute approximate surface area is 221 Å². The summed E-state index contributed by atoms with van der Waals surface area (Å²) in [6.07, 6.45) is 0. The Balaban J connectivity index is 1.61.